The maximum atomic E-state index is 12.5. The first-order valence-electron chi connectivity index (χ1n) is 8.15. The van der Waals surface area contributed by atoms with Crippen molar-refractivity contribution in [2.75, 3.05) is 5.73 Å². The Morgan fingerprint density at radius 2 is 2.17 bits per heavy atom. The predicted molar refractivity (Wildman–Crippen MR) is 94.7 cm³/mol. The topological polar surface area (TPSA) is 81.2 Å². The van der Waals surface area contributed by atoms with Crippen LogP contribution in [0.25, 0.3) is 10.6 Å². The number of hydrogen-bond acceptors (Lipinski definition) is 5. The Morgan fingerprint density at radius 3 is 2.83 bits per heavy atom. The molecule has 0 aliphatic rings. The van der Waals surface area contributed by atoms with Gasteiger partial charge in [0.15, 0.2) is 0 Å². The molecule has 2 aromatic heterocycles. The van der Waals surface area contributed by atoms with Crippen molar-refractivity contribution >= 4 is 23.1 Å². The third-order valence-corrected chi connectivity index (χ3v) is 4.79. The first-order valence-corrected chi connectivity index (χ1v) is 8.97. The van der Waals surface area contributed by atoms with Crippen LogP contribution < -0.4 is 11.1 Å². The molecule has 0 aliphatic heterocycles. The first kappa shape index (κ1) is 17.5. The average molecular weight is 335 g/mol. The van der Waals surface area contributed by atoms with Crippen LogP contribution in [0.3, 0.4) is 0 Å². The molecule has 1 atom stereocenters. The van der Waals surface area contributed by atoms with E-state index in [2.05, 4.69) is 17.4 Å². The summed E-state index contributed by atoms with van der Waals surface area (Å²) in [5, 5.41) is 6.97. The summed E-state index contributed by atoms with van der Waals surface area (Å²) < 4.78 is 5.05. The molecule has 2 rings (SSSR count). The zero-order valence-electron chi connectivity index (χ0n) is 14.0. The normalized spacial score (nSPS) is 12.3. The number of nitrogen functional groups attached to an aromatic ring is 1. The second-order valence-corrected chi connectivity index (χ2v) is 7.19. The monoisotopic (exact) mass is 335 g/mol. The minimum Gasteiger partial charge on any atom is -0.367 e. The molecule has 0 saturated carbocycles. The lowest BCUT2D eigenvalue weighted by molar-refractivity contribution is 0.0939. The Bertz CT molecular complexity index is 648. The standard InChI is InChI=1S/C17H25N3O2S/c1-4-5-6-7-8-11(2)19-17(21)14-15(20-22-16(14)18)13-10-9-12(3)23-13/h9-11H,4-8,18H2,1-3H3,(H,19,21). The second kappa shape index (κ2) is 8.15. The van der Waals surface area contributed by atoms with Crippen molar-refractivity contribution in [3.63, 3.8) is 0 Å². The fourth-order valence-electron chi connectivity index (χ4n) is 2.50. The molecule has 0 aromatic carbocycles. The molecule has 0 aliphatic carbocycles. The molecule has 0 fully saturated rings. The van der Waals surface area contributed by atoms with Crippen LogP contribution in [0.5, 0.6) is 0 Å². The molecule has 0 bridgehead atoms. The molecule has 0 spiro atoms. The maximum Gasteiger partial charge on any atom is 0.259 e. The highest BCUT2D eigenvalue weighted by Gasteiger charge is 2.24. The number of carbonyl (C=O) groups excluding carboxylic acids is 1. The maximum absolute atomic E-state index is 12.5. The van der Waals surface area contributed by atoms with Crippen LogP contribution >= 0.6 is 11.3 Å². The van der Waals surface area contributed by atoms with E-state index in [0.717, 1.165) is 22.6 Å². The van der Waals surface area contributed by atoms with Gasteiger partial charge in [0, 0.05) is 10.9 Å². The van der Waals surface area contributed by atoms with E-state index in [0.29, 0.717) is 11.3 Å². The van der Waals surface area contributed by atoms with Gasteiger partial charge in [0.1, 0.15) is 11.3 Å². The van der Waals surface area contributed by atoms with Gasteiger partial charge in [-0.25, -0.2) is 0 Å². The van der Waals surface area contributed by atoms with Gasteiger partial charge in [-0.05, 0) is 32.4 Å². The number of hydrogen-bond donors (Lipinski definition) is 2. The number of carbonyl (C=O) groups is 1. The summed E-state index contributed by atoms with van der Waals surface area (Å²) in [6.45, 7) is 6.21. The lowest BCUT2D eigenvalue weighted by Gasteiger charge is -2.13. The van der Waals surface area contributed by atoms with Crippen molar-refractivity contribution in [1.82, 2.24) is 10.5 Å². The van der Waals surface area contributed by atoms with Crippen molar-refractivity contribution in [1.29, 1.82) is 0 Å². The van der Waals surface area contributed by atoms with E-state index in [1.807, 2.05) is 26.0 Å². The number of thiophene rings is 1. The number of anilines is 1. The minimum absolute atomic E-state index is 0.0711. The smallest absolute Gasteiger partial charge is 0.259 e. The zero-order chi connectivity index (χ0) is 16.8. The van der Waals surface area contributed by atoms with Crippen LogP contribution in [0.4, 0.5) is 5.88 Å². The van der Waals surface area contributed by atoms with Gasteiger partial charge in [0.2, 0.25) is 5.88 Å². The summed E-state index contributed by atoms with van der Waals surface area (Å²) >= 11 is 1.57. The van der Waals surface area contributed by atoms with Gasteiger partial charge >= 0.3 is 0 Å². The quantitative estimate of drug-likeness (QED) is 0.701. The first-order chi connectivity index (χ1) is 11.0. The molecule has 6 heteroatoms. The van der Waals surface area contributed by atoms with E-state index in [4.69, 9.17) is 10.3 Å². The molecule has 2 heterocycles. The molecule has 0 radical (unpaired) electrons. The molecule has 0 saturated heterocycles. The number of amides is 1. The van der Waals surface area contributed by atoms with Gasteiger partial charge in [-0.2, -0.15) is 0 Å². The summed E-state index contributed by atoms with van der Waals surface area (Å²) in [4.78, 5) is 14.6. The van der Waals surface area contributed by atoms with Crippen molar-refractivity contribution in [3.05, 3.63) is 22.6 Å². The highest BCUT2D eigenvalue weighted by molar-refractivity contribution is 7.15. The summed E-state index contributed by atoms with van der Waals surface area (Å²) in [6, 6.07) is 4.03. The lowest BCUT2D eigenvalue weighted by atomic mass is 10.1. The van der Waals surface area contributed by atoms with E-state index in [1.54, 1.807) is 11.3 Å². The molecule has 1 amide bonds. The fourth-order valence-corrected chi connectivity index (χ4v) is 3.35. The summed E-state index contributed by atoms with van der Waals surface area (Å²) in [7, 11) is 0. The Labute approximate surface area is 141 Å². The zero-order valence-corrected chi connectivity index (χ0v) is 14.8. The largest absolute Gasteiger partial charge is 0.367 e. The fraction of sp³-hybridized carbons (Fsp3) is 0.529. The molecular formula is C17H25N3O2S. The van der Waals surface area contributed by atoms with Gasteiger partial charge in [-0.1, -0.05) is 37.8 Å². The van der Waals surface area contributed by atoms with Crippen LogP contribution in [-0.2, 0) is 0 Å². The Kier molecular flexibility index (Phi) is 6.21. The summed E-state index contributed by atoms with van der Waals surface area (Å²) in [5.74, 6) is -0.144. The van der Waals surface area contributed by atoms with E-state index < -0.39 is 0 Å². The number of aryl methyl sites for hydroxylation is 1. The molecule has 126 valence electrons. The third-order valence-electron chi connectivity index (χ3n) is 3.79. The van der Waals surface area contributed by atoms with E-state index in [-0.39, 0.29) is 17.8 Å². The molecule has 1 unspecified atom stereocenters. The summed E-state index contributed by atoms with van der Waals surface area (Å²) in [5.41, 5.74) is 6.68. The van der Waals surface area contributed by atoms with E-state index in [1.165, 1.54) is 19.3 Å². The van der Waals surface area contributed by atoms with Crippen molar-refractivity contribution in [3.8, 4) is 10.6 Å². The average Bonchev–Trinajstić information content (AvgIpc) is 3.09. The molecule has 23 heavy (non-hydrogen) atoms. The second-order valence-electron chi connectivity index (χ2n) is 5.90. The van der Waals surface area contributed by atoms with E-state index >= 15 is 0 Å². The van der Waals surface area contributed by atoms with Crippen LogP contribution in [0.2, 0.25) is 0 Å². The van der Waals surface area contributed by atoms with Crippen molar-refractivity contribution < 1.29 is 9.32 Å². The number of nitrogens with two attached hydrogens (primary N) is 1. The highest BCUT2D eigenvalue weighted by Crippen LogP contribution is 2.32. The third kappa shape index (κ3) is 4.58. The van der Waals surface area contributed by atoms with Gasteiger partial charge in [-0.3, -0.25) is 4.79 Å². The minimum atomic E-state index is -0.215. The molecule has 5 nitrogen and oxygen atoms in total. The SMILES string of the molecule is CCCCCCC(C)NC(=O)c1c(-c2ccc(C)s2)noc1N. The number of nitrogens with one attached hydrogen (secondary N) is 1. The Balaban J connectivity index is 2.03. The van der Waals surface area contributed by atoms with Gasteiger partial charge < -0.3 is 15.6 Å². The Morgan fingerprint density at radius 1 is 1.39 bits per heavy atom. The van der Waals surface area contributed by atoms with Crippen molar-refractivity contribution in [2.24, 2.45) is 0 Å². The highest BCUT2D eigenvalue weighted by atomic mass is 32.1. The summed E-state index contributed by atoms with van der Waals surface area (Å²) in [6.07, 6.45) is 5.73. The number of aromatic nitrogens is 1. The Hall–Kier alpha value is -1.82. The molecule has 3 N–H and O–H groups in total. The van der Waals surface area contributed by atoms with Crippen LogP contribution in [-0.4, -0.2) is 17.1 Å². The van der Waals surface area contributed by atoms with Gasteiger partial charge in [-0.15, -0.1) is 11.3 Å². The van der Waals surface area contributed by atoms with Crippen LogP contribution in [0.1, 0.15) is 61.2 Å². The van der Waals surface area contributed by atoms with Crippen molar-refractivity contribution in [2.45, 2.75) is 58.9 Å². The molecular weight excluding hydrogens is 310 g/mol. The van der Waals surface area contributed by atoms with Gasteiger partial charge in [0.25, 0.3) is 5.91 Å². The van der Waals surface area contributed by atoms with E-state index in [9.17, 15) is 4.79 Å². The number of rotatable bonds is 8. The molecule has 2 aromatic rings. The van der Waals surface area contributed by atoms with Crippen LogP contribution in [0.15, 0.2) is 16.7 Å². The lowest BCUT2D eigenvalue weighted by Crippen LogP contribution is -2.33. The van der Waals surface area contributed by atoms with Gasteiger partial charge in [0.05, 0.1) is 4.88 Å². The predicted octanol–water partition coefficient (Wildman–Crippen LogP) is 4.38. The number of nitrogens with zero attached hydrogens (tertiary/aromatic N) is 1. The van der Waals surface area contributed by atoms with Crippen LogP contribution in [0, 0.1) is 6.92 Å². The number of unbranched alkanes of at least 4 members (excludes halogenated alkanes) is 3.